The van der Waals surface area contributed by atoms with E-state index < -0.39 is 0 Å². The number of aromatic nitrogens is 3. The summed E-state index contributed by atoms with van der Waals surface area (Å²) in [7, 11) is 0. The van der Waals surface area contributed by atoms with Crippen LogP contribution in [0.1, 0.15) is 0 Å². The maximum absolute atomic E-state index is 6.67. The van der Waals surface area contributed by atoms with Crippen LogP contribution in [0.3, 0.4) is 0 Å². The lowest BCUT2D eigenvalue weighted by molar-refractivity contribution is 0.669. The molecule has 0 saturated heterocycles. The van der Waals surface area contributed by atoms with Gasteiger partial charge in [0.05, 0.1) is 22.2 Å². The van der Waals surface area contributed by atoms with Crippen molar-refractivity contribution < 1.29 is 4.42 Å². The van der Waals surface area contributed by atoms with E-state index in [-0.39, 0.29) is 0 Å². The maximum Gasteiger partial charge on any atom is 0.161 e. The fourth-order valence-electron chi connectivity index (χ4n) is 8.05. The maximum atomic E-state index is 6.67. The van der Waals surface area contributed by atoms with E-state index in [0.717, 1.165) is 71.7 Å². The number of nitrogens with zero attached hydrogens (tertiary/aromatic N) is 3. The van der Waals surface area contributed by atoms with Crippen molar-refractivity contribution in [2.45, 2.75) is 0 Å². The zero-order chi connectivity index (χ0) is 34.2. The molecule has 0 aliphatic heterocycles. The Kier molecular flexibility index (Phi) is 6.22. The molecule has 3 aromatic heterocycles. The second kappa shape index (κ2) is 11.2. The fraction of sp³-hybridized carbons (Fsp3) is 0. The van der Waals surface area contributed by atoms with Crippen LogP contribution in [0, 0.1) is 0 Å². The van der Waals surface area contributed by atoms with Crippen molar-refractivity contribution in [1.82, 2.24) is 14.5 Å². The van der Waals surface area contributed by atoms with Gasteiger partial charge in [-0.05, 0) is 70.4 Å². The first-order chi connectivity index (χ1) is 25.8. The molecule has 0 bridgehead atoms. The lowest BCUT2D eigenvalue weighted by atomic mass is 9.97. The Morgan fingerprint density at radius 1 is 0.404 bits per heavy atom. The molecule has 0 atom stereocenters. The van der Waals surface area contributed by atoms with Crippen LogP contribution in [0.5, 0.6) is 0 Å². The molecule has 4 nitrogen and oxygen atoms in total. The van der Waals surface area contributed by atoms with Crippen LogP contribution in [0.15, 0.2) is 180 Å². The van der Waals surface area contributed by atoms with Crippen LogP contribution in [0.2, 0.25) is 0 Å². The third-order valence-corrected chi connectivity index (χ3v) is 10.4. The molecule has 242 valence electrons. The van der Waals surface area contributed by atoms with Gasteiger partial charge in [0.15, 0.2) is 5.82 Å². The molecule has 0 saturated carbocycles. The van der Waals surface area contributed by atoms with Crippen molar-refractivity contribution in [2.24, 2.45) is 0 Å². The minimum Gasteiger partial charge on any atom is -0.456 e. The lowest BCUT2D eigenvalue weighted by Gasteiger charge is -2.12. The molecule has 0 amide bonds. The molecule has 0 radical (unpaired) electrons. The third kappa shape index (κ3) is 4.34. The Balaban J connectivity index is 1.14. The monoisotopic (exact) mass is 663 g/mol. The Labute approximate surface area is 298 Å². The molecule has 0 unspecified atom stereocenters. The average molecular weight is 664 g/mol. The average Bonchev–Trinajstić information content (AvgIpc) is 3.76. The van der Waals surface area contributed by atoms with Crippen molar-refractivity contribution in [3.8, 4) is 39.5 Å². The van der Waals surface area contributed by atoms with Crippen LogP contribution < -0.4 is 0 Å². The summed E-state index contributed by atoms with van der Waals surface area (Å²) in [5.41, 5.74) is 11.2. The van der Waals surface area contributed by atoms with E-state index in [9.17, 15) is 0 Å². The van der Waals surface area contributed by atoms with E-state index in [1.54, 1.807) is 0 Å². The second-order valence-corrected chi connectivity index (χ2v) is 13.4. The predicted octanol–water partition coefficient (Wildman–Crippen LogP) is 12.8. The number of benzene rings is 8. The van der Waals surface area contributed by atoms with E-state index in [2.05, 4.69) is 168 Å². The summed E-state index contributed by atoms with van der Waals surface area (Å²) >= 11 is 0. The van der Waals surface area contributed by atoms with Gasteiger partial charge in [0.1, 0.15) is 11.2 Å². The van der Waals surface area contributed by atoms with Gasteiger partial charge >= 0.3 is 0 Å². The molecule has 0 aliphatic rings. The number of rotatable bonds is 4. The molecule has 11 aromatic rings. The van der Waals surface area contributed by atoms with Gasteiger partial charge in [-0.3, -0.25) is 0 Å². The van der Waals surface area contributed by atoms with E-state index in [4.69, 9.17) is 14.4 Å². The number of fused-ring (bicyclic) bond motifs is 9. The molecule has 0 aliphatic carbocycles. The third-order valence-electron chi connectivity index (χ3n) is 10.4. The Hall–Kier alpha value is -7.04. The highest BCUT2D eigenvalue weighted by atomic mass is 16.3. The van der Waals surface area contributed by atoms with Gasteiger partial charge in [0, 0.05) is 43.7 Å². The zero-order valence-electron chi connectivity index (χ0n) is 28.0. The van der Waals surface area contributed by atoms with Crippen molar-refractivity contribution >= 4 is 65.4 Å². The number of para-hydroxylation sites is 3. The second-order valence-electron chi connectivity index (χ2n) is 13.4. The summed E-state index contributed by atoms with van der Waals surface area (Å²) < 4.78 is 9.03. The van der Waals surface area contributed by atoms with Crippen LogP contribution >= 0.6 is 0 Å². The normalized spacial score (nSPS) is 11.8. The number of furan rings is 1. The standard InChI is InChI=1S/C48H29N3O/c1-2-13-30(14-3-1)31-15-12-16-32(27-31)47-38-21-6-9-22-41(38)49-48(50-47)39-29-45-46(37-20-5-4-17-34(37)39)40-28-33(25-26-44(40)52-45)51-42-23-10-7-18-35(42)36-19-8-11-24-43(36)51/h1-29H. The topological polar surface area (TPSA) is 43.9 Å². The minimum atomic E-state index is 0.670. The minimum absolute atomic E-state index is 0.670. The highest BCUT2D eigenvalue weighted by Crippen LogP contribution is 2.42. The predicted molar refractivity (Wildman–Crippen MR) is 215 cm³/mol. The highest BCUT2D eigenvalue weighted by Gasteiger charge is 2.20. The summed E-state index contributed by atoms with van der Waals surface area (Å²) in [6, 6.07) is 61.9. The van der Waals surface area contributed by atoms with Gasteiger partial charge in [-0.15, -0.1) is 0 Å². The summed E-state index contributed by atoms with van der Waals surface area (Å²) in [6.45, 7) is 0. The van der Waals surface area contributed by atoms with E-state index in [0.29, 0.717) is 5.82 Å². The van der Waals surface area contributed by atoms with Gasteiger partial charge in [0.2, 0.25) is 0 Å². The summed E-state index contributed by atoms with van der Waals surface area (Å²) in [4.78, 5) is 10.5. The number of hydrogen-bond donors (Lipinski definition) is 0. The summed E-state index contributed by atoms with van der Waals surface area (Å²) in [5, 5.41) is 7.86. The first-order valence-corrected chi connectivity index (χ1v) is 17.6. The Morgan fingerprint density at radius 2 is 1.04 bits per heavy atom. The zero-order valence-corrected chi connectivity index (χ0v) is 28.0. The molecule has 0 N–H and O–H groups in total. The SMILES string of the molecule is c1ccc(-c2cccc(-c3nc(-c4cc5oc6ccc(-n7c8ccccc8c8ccccc87)cc6c5c5ccccc45)nc4ccccc34)c2)cc1. The van der Waals surface area contributed by atoms with Crippen molar-refractivity contribution in [3.05, 3.63) is 176 Å². The van der Waals surface area contributed by atoms with Crippen LogP contribution in [0.25, 0.3) is 105 Å². The van der Waals surface area contributed by atoms with Gasteiger partial charge in [-0.25, -0.2) is 9.97 Å². The number of hydrogen-bond acceptors (Lipinski definition) is 3. The van der Waals surface area contributed by atoms with Gasteiger partial charge in [-0.2, -0.15) is 0 Å². The summed E-state index contributed by atoms with van der Waals surface area (Å²) in [5.74, 6) is 0.670. The van der Waals surface area contributed by atoms with E-state index >= 15 is 0 Å². The first-order valence-electron chi connectivity index (χ1n) is 17.6. The van der Waals surface area contributed by atoms with Crippen LogP contribution in [-0.2, 0) is 0 Å². The molecule has 0 fully saturated rings. The summed E-state index contributed by atoms with van der Waals surface area (Å²) in [6.07, 6.45) is 0. The van der Waals surface area contributed by atoms with Crippen molar-refractivity contribution in [3.63, 3.8) is 0 Å². The lowest BCUT2D eigenvalue weighted by Crippen LogP contribution is -1.96. The van der Waals surface area contributed by atoms with Crippen molar-refractivity contribution in [2.75, 3.05) is 0 Å². The largest absolute Gasteiger partial charge is 0.456 e. The fourth-order valence-corrected chi connectivity index (χ4v) is 8.05. The highest BCUT2D eigenvalue weighted by molar-refractivity contribution is 6.22. The Bertz CT molecular complexity index is 3140. The van der Waals surface area contributed by atoms with Gasteiger partial charge < -0.3 is 8.98 Å². The molecule has 8 aromatic carbocycles. The quantitative estimate of drug-likeness (QED) is 0.188. The molecule has 3 heterocycles. The van der Waals surface area contributed by atoms with Gasteiger partial charge in [0.25, 0.3) is 0 Å². The van der Waals surface area contributed by atoms with E-state index in [1.807, 2.05) is 12.1 Å². The first kappa shape index (κ1) is 28.8. The smallest absolute Gasteiger partial charge is 0.161 e. The molecule has 4 heteroatoms. The van der Waals surface area contributed by atoms with Crippen molar-refractivity contribution in [1.29, 1.82) is 0 Å². The molecular weight excluding hydrogens is 635 g/mol. The Morgan fingerprint density at radius 3 is 1.83 bits per heavy atom. The molecule has 52 heavy (non-hydrogen) atoms. The van der Waals surface area contributed by atoms with Crippen LogP contribution in [0.4, 0.5) is 0 Å². The van der Waals surface area contributed by atoms with Gasteiger partial charge in [-0.1, -0.05) is 127 Å². The van der Waals surface area contributed by atoms with Crippen LogP contribution in [-0.4, -0.2) is 14.5 Å². The molecule has 0 spiro atoms. The molecular formula is C48H29N3O. The molecule has 11 rings (SSSR count). The van der Waals surface area contributed by atoms with E-state index in [1.165, 1.54) is 27.4 Å².